The minimum Gasteiger partial charge on any atom is -0.488 e. The molecule has 1 aromatic rings. The minimum absolute atomic E-state index is 0.0705. The van der Waals surface area contributed by atoms with E-state index in [1.807, 2.05) is 6.92 Å². The summed E-state index contributed by atoms with van der Waals surface area (Å²) in [4.78, 5) is 0. The number of benzene rings is 1. The first kappa shape index (κ1) is 24.7. The molecule has 0 heterocycles. The first-order chi connectivity index (χ1) is 14.6. The van der Waals surface area contributed by atoms with Gasteiger partial charge in [-0.3, -0.25) is 0 Å². The molecule has 3 heteroatoms. The van der Waals surface area contributed by atoms with E-state index in [-0.39, 0.29) is 17.8 Å². The van der Waals surface area contributed by atoms with Gasteiger partial charge < -0.3 is 4.74 Å². The lowest BCUT2D eigenvalue weighted by Crippen LogP contribution is -2.23. The first-order valence-corrected chi connectivity index (χ1v) is 12.1. The third kappa shape index (κ3) is 6.73. The topological polar surface area (TPSA) is 9.23 Å². The fourth-order valence-corrected chi connectivity index (χ4v) is 5.42. The van der Waals surface area contributed by atoms with E-state index in [1.165, 1.54) is 44.9 Å². The van der Waals surface area contributed by atoms with Gasteiger partial charge in [-0.1, -0.05) is 57.9 Å². The summed E-state index contributed by atoms with van der Waals surface area (Å²) in [6, 6.07) is 3.43. The highest BCUT2D eigenvalue weighted by Crippen LogP contribution is 2.44. The summed E-state index contributed by atoms with van der Waals surface area (Å²) in [5.41, 5.74) is 0.561. The van der Waals surface area contributed by atoms with Crippen LogP contribution in [0.1, 0.15) is 109 Å². The van der Waals surface area contributed by atoms with Crippen LogP contribution in [-0.2, 0) is 0 Å². The van der Waals surface area contributed by atoms with Crippen LogP contribution in [0.5, 0.6) is 5.75 Å². The molecular weight excluding hydrogens is 378 g/mol. The Kier molecular flexibility index (Phi) is 10.7. The second-order valence-electron chi connectivity index (χ2n) is 9.21. The SMILES string of the molecule is C#C.CCCCCC(C)Oc1ccc(C2CCC(C3CCCCC3)CC2)c(F)c1F. The van der Waals surface area contributed by atoms with Crippen molar-refractivity contribution in [2.45, 2.75) is 109 Å². The molecule has 1 atom stereocenters. The van der Waals surface area contributed by atoms with Gasteiger partial charge in [0.05, 0.1) is 6.10 Å². The molecule has 0 N–H and O–H groups in total. The molecule has 168 valence electrons. The fraction of sp³-hybridized carbons (Fsp3) is 0.704. The van der Waals surface area contributed by atoms with Gasteiger partial charge in [0, 0.05) is 0 Å². The normalized spacial score (nSPS) is 23.3. The van der Waals surface area contributed by atoms with Crippen LogP contribution in [-0.4, -0.2) is 6.10 Å². The Hall–Kier alpha value is -1.56. The van der Waals surface area contributed by atoms with Gasteiger partial charge in [0.15, 0.2) is 11.6 Å². The van der Waals surface area contributed by atoms with Gasteiger partial charge in [0.1, 0.15) is 0 Å². The minimum atomic E-state index is -0.797. The van der Waals surface area contributed by atoms with Crippen LogP contribution in [0.4, 0.5) is 8.78 Å². The van der Waals surface area contributed by atoms with Crippen LogP contribution in [0.25, 0.3) is 0 Å². The number of unbranched alkanes of at least 4 members (excludes halogenated alkanes) is 2. The molecule has 0 aromatic heterocycles. The summed E-state index contributed by atoms with van der Waals surface area (Å²) in [5, 5.41) is 0. The van der Waals surface area contributed by atoms with Gasteiger partial charge in [0.2, 0.25) is 5.82 Å². The van der Waals surface area contributed by atoms with Crippen molar-refractivity contribution in [1.29, 1.82) is 0 Å². The summed E-state index contributed by atoms with van der Waals surface area (Å²) in [5.74, 6) is 0.428. The molecule has 1 aromatic carbocycles. The molecule has 2 saturated carbocycles. The monoisotopic (exact) mass is 418 g/mol. The molecule has 0 spiro atoms. The lowest BCUT2D eigenvalue weighted by molar-refractivity contribution is 0.183. The summed E-state index contributed by atoms with van der Waals surface area (Å²) in [6.45, 7) is 4.09. The summed E-state index contributed by atoms with van der Waals surface area (Å²) < 4.78 is 35.1. The van der Waals surface area contributed by atoms with E-state index in [9.17, 15) is 8.78 Å². The van der Waals surface area contributed by atoms with Crippen LogP contribution in [0.2, 0.25) is 0 Å². The summed E-state index contributed by atoms with van der Waals surface area (Å²) in [7, 11) is 0. The molecular formula is C27H40F2O. The average molecular weight is 419 g/mol. The molecule has 0 saturated heterocycles. The van der Waals surface area contributed by atoms with Gasteiger partial charge in [-0.2, -0.15) is 4.39 Å². The van der Waals surface area contributed by atoms with Crippen LogP contribution >= 0.6 is 0 Å². The van der Waals surface area contributed by atoms with Crippen LogP contribution in [0, 0.1) is 36.3 Å². The molecule has 30 heavy (non-hydrogen) atoms. The molecule has 1 unspecified atom stereocenters. The predicted molar refractivity (Wildman–Crippen MR) is 122 cm³/mol. The van der Waals surface area contributed by atoms with Crippen molar-refractivity contribution in [2.75, 3.05) is 0 Å². The zero-order valence-electron chi connectivity index (χ0n) is 19.0. The summed E-state index contributed by atoms with van der Waals surface area (Å²) >= 11 is 0. The zero-order chi connectivity index (χ0) is 21.9. The molecule has 2 aliphatic carbocycles. The Labute approximate surface area is 183 Å². The number of rotatable bonds is 8. The maximum atomic E-state index is 14.8. The maximum absolute atomic E-state index is 14.8. The standard InChI is InChI=1S/C25H38F2O.C2H2/c1-3-4-6-9-18(2)28-23-17-16-22(24(26)25(23)27)21-14-12-20(13-15-21)19-10-7-5-8-11-19;1-2/h16-21H,3-15H2,1-2H3;1-2H. The van der Waals surface area contributed by atoms with Crippen molar-refractivity contribution in [3.05, 3.63) is 29.3 Å². The molecule has 0 aliphatic heterocycles. The number of ether oxygens (including phenoxy) is 1. The van der Waals surface area contributed by atoms with E-state index in [2.05, 4.69) is 19.8 Å². The first-order valence-electron chi connectivity index (χ1n) is 12.1. The number of terminal acetylenes is 1. The highest BCUT2D eigenvalue weighted by molar-refractivity contribution is 5.33. The fourth-order valence-electron chi connectivity index (χ4n) is 5.42. The number of halogens is 2. The molecule has 1 nitrogen and oxygen atoms in total. The van der Waals surface area contributed by atoms with Crippen LogP contribution in [0.3, 0.4) is 0 Å². The van der Waals surface area contributed by atoms with Crippen molar-refractivity contribution in [3.63, 3.8) is 0 Å². The van der Waals surface area contributed by atoms with Crippen molar-refractivity contribution < 1.29 is 13.5 Å². The Morgan fingerprint density at radius 1 is 0.900 bits per heavy atom. The Bertz CT molecular complexity index is 640. The Balaban J connectivity index is 0.00000155. The summed E-state index contributed by atoms with van der Waals surface area (Å²) in [6.07, 6.45) is 23.4. The van der Waals surface area contributed by atoms with Gasteiger partial charge in [-0.15, -0.1) is 12.8 Å². The van der Waals surface area contributed by atoms with E-state index in [0.29, 0.717) is 5.56 Å². The van der Waals surface area contributed by atoms with E-state index in [1.54, 1.807) is 12.1 Å². The quantitative estimate of drug-likeness (QED) is 0.304. The molecule has 3 rings (SSSR count). The average Bonchev–Trinajstić information content (AvgIpc) is 2.79. The van der Waals surface area contributed by atoms with E-state index in [0.717, 1.165) is 50.4 Å². The molecule has 0 radical (unpaired) electrons. The molecule has 0 bridgehead atoms. The van der Waals surface area contributed by atoms with Crippen LogP contribution < -0.4 is 4.74 Å². The third-order valence-electron chi connectivity index (χ3n) is 7.15. The molecule has 0 amide bonds. The predicted octanol–water partition coefficient (Wildman–Crippen LogP) is 8.42. The van der Waals surface area contributed by atoms with Gasteiger partial charge in [-0.25, -0.2) is 4.39 Å². The second kappa shape index (κ2) is 13.0. The van der Waals surface area contributed by atoms with E-state index in [4.69, 9.17) is 4.74 Å². The largest absolute Gasteiger partial charge is 0.488 e. The maximum Gasteiger partial charge on any atom is 0.200 e. The Morgan fingerprint density at radius 3 is 2.17 bits per heavy atom. The van der Waals surface area contributed by atoms with Crippen molar-refractivity contribution in [1.82, 2.24) is 0 Å². The van der Waals surface area contributed by atoms with Gasteiger partial charge in [0.25, 0.3) is 0 Å². The third-order valence-corrected chi connectivity index (χ3v) is 7.15. The lowest BCUT2D eigenvalue weighted by Gasteiger charge is -2.36. The second-order valence-corrected chi connectivity index (χ2v) is 9.21. The smallest absolute Gasteiger partial charge is 0.200 e. The van der Waals surface area contributed by atoms with E-state index >= 15 is 0 Å². The number of hydrogen-bond acceptors (Lipinski definition) is 1. The Morgan fingerprint density at radius 2 is 1.53 bits per heavy atom. The van der Waals surface area contributed by atoms with Gasteiger partial charge >= 0.3 is 0 Å². The van der Waals surface area contributed by atoms with Crippen molar-refractivity contribution in [3.8, 4) is 18.6 Å². The zero-order valence-corrected chi connectivity index (χ0v) is 19.0. The van der Waals surface area contributed by atoms with Gasteiger partial charge in [-0.05, 0) is 74.8 Å². The van der Waals surface area contributed by atoms with Crippen molar-refractivity contribution in [2.24, 2.45) is 11.8 Å². The lowest BCUT2D eigenvalue weighted by atomic mass is 9.70. The highest BCUT2D eigenvalue weighted by atomic mass is 19.2. The highest BCUT2D eigenvalue weighted by Gasteiger charge is 2.31. The molecule has 2 fully saturated rings. The molecule has 2 aliphatic rings. The van der Waals surface area contributed by atoms with Crippen LogP contribution in [0.15, 0.2) is 12.1 Å². The van der Waals surface area contributed by atoms with Crippen molar-refractivity contribution >= 4 is 0 Å². The number of hydrogen-bond donors (Lipinski definition) is 0. The van der Waals surface area contributed by atoms with E-state index < -0.39 is 11.6 Å².